The molecule has 0 unspecified atom stereocenters. The number of fused-ring (bicyclic) bond motifs is 1. The molecule has 5 nitrogen and oxygen atoms in total. The lowest BCUT2D eigenvalue weighted by atomic mass is 10.2. The third-order valence-electron chi connectivity index (χ3n) is 3.85. The number of amidine groups is 1. The van der Waals surface area contributed by atoms with Crippen molar-refractivity contribution in [3.8, 4) is 0 Å². The van der Waals surface area contributed by atoms with Crippen LogP contribution < -0.4 is 4.90 Å². The molecule has 2 aliphatic rings. The molecule has 2 fully saturated rings. The highest BCUT2D eigenvalue weighted by Gasteiger charge is 2.49. The van der Waals surface area contributed by atoms with Crippen molar-refractivity contribution < 1.29 is 17.6 Å². The van der Waals surface area contributed by atoms with Crippen molar-refractivity contribution >= 4 is 38.4 Å². The van der Waals surface area contributed by atoms with Crippen LogP contribution in [0.1, 0.15) is 13.8 Å². The average molecular weight is 356 g/mol. The van der Waals surface area contributed by atoms with Crippen molar-refractivity contribution in [1.29, 1.82) is 0 Å². The summed E-state index contributed by atoms with van der Waals surface area (Å²) in [6, 6.07) is 5.61. The largest absolute Gasteiger partial charge is 0.315 e. The Kier molecular flexibility index (Phi) is 4.22. The third kappa shape index (κ3) is 3.28. The Morgan fingerprint density at radius 2 is 2.13 bits per heavy atom. The number of halogens is 1. The maximum Gasteiger partial charge on any atom is 0.250 e. The van der Waals surface area contributed by atoms with Crippen molar-refractivity contribution in [2.45, 2.75) is 25.1 Å². The Bertz CT molecular complexity index is 777. The summed E-state index contributed by atoms with van der Waals surface area (Å²) in [4.78, 5) is 17.8. The number of thioether (sulfide) groups is 1. The molecule has 2 aliphatic heterocycles. The van der Waals surface area contributed by atoms with Gasteiger partial charge in [-0.05, 0) is 18.2 Å². The fourth-order valence-electron chi connectivity index (χ4n) is 2.72. The van der Waals surface area contributed by atoms with E-state index in [9.17, 15) is 17.6 Å². The van der Waals surface area contributed by atoms with E-state index in [-0.39, 0.29) is 34.6 Å². The molecule has 3 rings (SSSR count). The van der Waals surface area contributed by atoms with Crippen LogP contribution in [0.4, 0.5) is 10.1 Å². The highest BCUT2D eigenvalue weighted by atomic mass is 32.2. The van der Waals surface area contributed by atoms with Gasteiger partial charge < -0.3 is 4.90 Å². The third-order valence-corrected chi connectivity index (χ3v) is 7.06. The van der Waals surface area contributed by atoms with Gasteiger partial charge in [-0.2, -0.15) is 4.99 Å². The molecule has 0 aromatic heterocycles. The van der Waals surface area contributed by atoms with Gasteiger partial charge in [0.2, 0.25) is 0 Å². The van der Waals surface area contributed by atoms with Crippen molar-refractivity contribution in [1.82, 2.24) is 0 Å². The van der Waals surface area contributed by atoms with E-state index in [1.807, 2.05) is 0 Å². The predicted octanol–water partition coefficient (Wildman–Crippen LogP) is 2.08. The van der Waals surface area contributed by atoms with E-state index < -0.39 is 15.7 Å². The smallest absolute Gasteiger partial charge is 0.250 e. The van der Waals surface area contributed by atoms with E-state index in [0.29, 0.717) is 10.9 Å². The first kappa shape index (κ1) is 16.4. The summed E-state index contributed by atoms with van der Waals surface area (Å²) in [6.45, 7) is 3.51. The van der Waals surface area contributed by atoms with E-state index in [4.69, 9.17) is 0 Å². The van der Waals surface area contributed by atoms with Gasteiger partial charge in [0, 0.05) is 16.9 Å². The number of rotatable bonds is 2. The zero-order valence-corrected chi connectivity index (χ0v) is 14.4. The molecule has 1 aromatic rings. The zero-order chi connectivity index (χ0) is 16.8. The second-order valence-corrected chi connectivity index (χ2v) is 9.40. The summed E-state index contributed by atoms with van der Waals surface area (Å²) in [5.74, 6) is -0.872. The van der Waals surface area contributed by atoms with Crippen LogP contribution in [0.15, 0.2) is 29.3 Å². The molecule has 23 heavy (non-hydrogen) atoms. The molecule has 124 valence electrons. The first-order valence-corrected chi connectivity index (χ1v) is 10.0. The van der Waals surface area contributed by atoms with Gasteiger partial charge in [-0.25, -0.2) is 12.8 Å². The van der Waals surface area contributed by atoms with Crippen LogP contribution in [0.2, 0.25) is 0 Å². The topological polar surface area (TPSA) is 66.8 Å². The highest BCUT2D eigenvalue weighted by Crippen LogP contribution is 2.41. The van der Waals surface area contributed by atoms with Gasteiger partial charge in [-0.1, -0.05) is 31.7 Å². The molecule has 2 atom stereocenters. The highest BCUT2D eigenvalue weighted by molar-refractivity contribution is 8.16. The molecule has 0 bridgehead atoms. The number of nitrogens with zero attached hydrogens (tertiary/aromatic N) is 2. The molecule has 0 N–H and O–H groups in total. The summed E-state index contributed by atoms with van der Waals surface area (Å²) < 4.78 is 37.4. The molecule has 1 aromatic carbocycles. The minimum Gasteiger partial charge on any atom is -0.315 e. The molecule has 8 heteroatoms. The summed E-state index contributed by atoms with van der Waals surface area (Å²) in [7, 11) is -3.12. The number of amides is 1. The van der Waals surface area contributed by atoms with Crippen LogP contribution >= 0.6 is 11.8 Å². The monoisotopic (exact) mass is 356 g/mol. The molecular formula is C15H17FN2O3S2. The number of carbonyl (C=O) groups excluding carboxylic acids is 1. The van der Waals surface area contributed by atoms with E-state index in [1.54, 1.807) is 30.9 Å². The van der Waals surface area contributed by atoms with Gasteiger partial charge in [0.15, 0.2) is 15.0 Å². The standard InChI is InChI=1S/C15H17FN2O3S2/c1-9(2)14(19)17-15-18(11-5-3-4-10(16)6-11)12-7-23(20,21)8-13(12)22-15/h3-6,9,12-13H,7-8H2,1-2H3/t12-,13-/m0/s1. The van der Waals surface area contributed by atoms with Gasteiger partial charge in [0.25, 0.3) is 5.91 Å². The lowest BCUT2D eigenvalue weighted by Gasteiger charge is -2.24. The minimum atomic E-state index is -3.12. The number of sulfone groups is 1. The molecule has 0 saturated carbocycles. The molecule has 0 radical (unpaired) electrons. The Hall–Kier alpha value is -1.41. The Balaban J connectivity index is 2.02. The Morgan fingerprint density at radius 1 is 1.39 bits per heavy atom. The second-order valence-electron chi connectivity index (χ2n) is 6.04. The van der Waals surface area contributed by atoms with E-state index >= 15 is 0 Å². The maximum absolute atomic E-state index is 13.6. The fraction of sp³-hybridized carbons (Fsp3) is 0.467. The maximum atomic E-state index is 13.6. The lowest BCUT2D eigenvalue weighted by molar-refractivity contribution is -0.120. The summed E-state index contributed by atoms with van der Waals surface area (Å²) in [5.41, 5.74) is 0.525. The number of aliphatic imine (C=N–C) groups is 1. The van der Waals surface area contributed by atoms with E-state index in [2.05, 4.69) is 4.99 Å². The second kappa shape index (κ2) is 5.90. The van der Waals surface area contributed by atoms with Gasteiger partial charge in [0.1, 0.15) is 5.82 Å². The Morgan fingerprint density at radius 3 is 2.78 bits per heavy atom. The molecular weight excluding hydrogens is 339 g/mol. The number of carbonyl (C=O) groups is 1. The van der Waals surface area contributed by atoms with Crippen LogP contribution in [0.25, 0.3) is 0 Å². The van der Waals surface area contributed by atoms with E-state index in [1.165, 1.54) is 23.9 Å². The van der Waals surface area contributed by atoms with Crippen LogP contribution in [-0.4, -0.2) is 42.3 Å². The number of benzene rings is 1. The first-order chi connectivity index (χ1) is 10.8. The summed E-state index contributed by atoms with van der Waals surface area (Å²) in [5, 5.41) is 0.279. The number of hydrogen-bond acceptors (Lipinski definition) is 4. The molecule has 1 amide bonds. The van der Waals surface area contributed by atoms with E-state index in [0.717, 1.165) is 0 Å². The quantitative estimate of drug-likeness (QED) is 0.812. The van der Waals surface area contributed by atoms with Gasteiger partial charge >= 0.3 is 0 Å². The van der Waals surface area contributed by atoms with Crippen LogP contribution in [0.5, 0.6) is 0 Å². The van der Waals surface area contributed by atoms with Crippen LogP contribution in [0, 0.1) is 11.7 Å². The molecule has 0 spiro atoms. The predicted molar refractivity (Wildman–Crippen MR) is 90.0 cm³/mol. The molecule has 2 heterocycles. The lowest BCUT2D eigenvalue weighted by Crippen LogP contribution is -2.37. The summed E-state index contributed by atoms with van der Waals surface area (Å²) >= 11 is 1.29. The molecule has 0 aliphatic carbocycles. The van der Waals surface area contributed by atoms with Crippen LogP contribution in [0.3, 0.4) is 0 Å². The van der Waals surface area contributed by atoms with Crippen molar-refractivity contribution in [3.63, 3.8) is 0 Å². The van der Waals surface area contributed by atoms with Gasteiger partial charge in [0.05, 0.1) is 17.5 Å². The normalized spacial score (nSPS) is 27.7. The SMILES string of the molecule is CC(C)C(=O)N=C1S[C@H]2CS(=O)(=O)C[C@@H]2N1c1cccc(F)c1. The summed E-state index contributed by atoms with van der Waals surface area (Å²) in [6.07, 6.45) is 0. The first-order valence-electron chi connectivity index (χ1n) is 7.31. The van der Waals surface area contributed by atoms with Crippen molar-refractivity contribution in [2.24, 2.45) is 10.9 Å². The van der Waals surface area contributed by atoms with Crippen LogP contribution in [-0.2, 0) is 14.6 Å². The molecule has 2 saturated heterocycles. The van der Waals surface area contributed by atoms with Crippen molar-refractivity contribution in [3.05, 3.63) is 30.1 Å². The van der Waals surface area contributed by atoms with Gasteiger partial charge in [-0.15, -0.1) is 0 Å². The van der Waals surface area contributed by atoms with Gasteiger partial charge in [-0.3, -0.25) is 4.79 Å². The minimum absolute atomic E-state index is 0.00390. The van der Waals surface area contributed by atoms with Crippen molar-refractivity contribution in [2.75, 3.05) is 16.4 Å². The number of anilines is 1. The fourth-order valence-corrected chi connectivity index (χ4v) is 6.64. The average Bonchev–Trinajstić information content (AvgIpc) is 2.89. The number of hydrogen-bond donors (Lipinski definition) is 0. The Labute approximate surface area is 138 Å². The zero-order valence-electron chi connectivity index (χ0n) is 12.8.